The van der Waals surface area contributed by atoms with Gasteiger partial charge in [-0.2, -0.15) is 16.5 Å². The third kappa shape index (κ3) is 5.03. The van der Waals surface area contributed by atoms with E-state index in [0.717, 1.165) is 4.47 Å². The van der Waals surface area contributed by atoms with Crippen LogP contribution in [0.25, 0.3) is 0 Å². The van der Waals surface area contributed by atoms with E-state index in [-0.39, 0.29) is 11.3 Å². The fourth-order valence-corrected chi connectivity index (χ4v) is 4.85. The minimum atomic E-state index is -3.89. The Labute approximate surface area is 138 Å². The van der Waals surface area contributed by atoms with E-state index < -0.39 is 22.0 Å². The Kier molecular flexibility index (Phi) is 6.99. The summed E-state index contributed by atoms with van der Waals surface area (Å²) >= 11 is 7.85. The van der Waals surface area contributed by atoms with Crippen LogP contribution in [0.15, 0.2) is 32.0 Å². The molecule has 0 spiro atoms. The lowest BCUT2D eigenvalue weighted by molar-refractivity contribution is -0.139. The average molecular weight is 447 g/mol. The van der Waals surface area contributed by atoms with E-state index in [0.29, 0.717) is 10.2 Å². The number of hydrogen-bond acceptors (Lipinski definition) is 4. The molecule has 0 aromatic heterocycles. The van der Waals surface area contributed by atoms with Crippen molar-refractivity contribution in [1.82, 2.24) is 4.72 Å². The SMILES string of the molecule is CSCC[C@H](NS(=O)(=O)c1ccc(Br)cc1Br)C(=O)O. The number of carbonyl (C=O) groups is 1. The quantitative estimate of drug-likeness (QED) is 0.672. The molecule has 0 radical (unpaired) electrons. The topological polar surface area (TPSA) is 83.5 Å². The van der Waals surface area contributed by atoms with Gasteiger partial charge < -0.3 is 5.11 Å². The van der Waals surface area contributed by atoms with E-state index in [2.05, 4.69) is 36.6 Å². The summed E-state index contributed by atoms with van der Waals surface area (Å²) in [7, 11) is -3.89. The molecular formula is C11H13Br2NO4S2. The zero-order valence-electron chi connectivity index (χ0n) is 10.5. The first-order chi connectivity index (χ1) is 9.27. The number of rotatable bonds is 7. The van der Waals surface area contributed by atoms with Crippen molar-refractivity contribution in [2.45, 2.75) is 17.4 Å². The van der Waals surface area contributed by atoms with Crippen LogP contribution in [0, 0.1) is 0 Å². The number of halogens is 2. The molecule has 1 aromatic carbocycles. The first kappa shape index (κ1) is 18.0. The number of benzene rings is 1. The molecule has 0 aliphatic rings. The summed E-state index contributed by atoms with van der Waals surface area (Å²) in [5.41, 5.74) is 0. The summed E-state index contributed by atoms with van der Waals surface area (Å²) in [6.45, 7) is 0. The van der Waals surface area contributed by atoms with Crippen molar-refractivity contribution in [3.05, 3.63) is 27.1 Å². The van der Waals surface area contributed by atoms with Gasteiger partial charge in [-0.25, -0.2) is 8.42 Å². The molecule has 2 N–H and O–H groups in total. The maximum atomic E-state index is 12.2. The zero-order chi connectivity index (χ0) is 15.3. The molecule has 5 nitrogen and oxygen atoms in total. The van der Waals surface area contributed by atoms with Crippen molar-refractivity contribution in [2.24, 2.45) is 0 Å². The summed E-state index contributed by atoms with van der Waals surface area (Å²) < 4.78 is 27.7. The molecule has 1 atom stereocenters. The summed E-state index contributed by atoms with van der Waals surface area (Å²) in [6.07, 6.45) is 2.06. The monoisotopic (exact) mass is 445 g/mol. The number of hydrogen-bond donors (Lipinski definition) is 2. The molecule has 0 aliphatic heterocycles. The van der Waals surface area contributed by atoms with E-state index >= 15 is 0 Å². The van der Waals surface area contributed by atoms with Crippen molar-refractivity contribution in [3.63, 3.8) is 0 Å². The first-order valence-electron chi connectivity index (χ1n) is 5.47. The molecule has 0 saturated carbocycles. The van der Waals surface area contributed by atoms with Crippen LogP contribution in [0.1, 0.15) is 6.42 Å². The van der Waals surface area contributed by atoms with Crippen molar-refractivity contribution >= 4 is 59.6 Å². The van der Waals surface area contributed by atoms with Gasteiger partial charge in [0.1, 0.15) is 6.04 Å². The smallest absolute Gasteiger partial charge is 0.321 e. The molecule has 112 valence electrons. The Hall–Kier alpha value is -0.0900. The molecular weight excluding hydrogens is 434 g/mol. The second-order valence-electron chi connectivity index (χ2n) is 3.87. The lowest BCUT2D eigenvalue weighted by atomic mass is 10.2. The highest BCUT2D eigenvalue weighted by Gasteiger charge is 2.26. The summed E-state index contributed by atoms with van der Waals surface area (Å²) in [5, 5.41) is 9.07. The average Bonchev–Trinajstić information content (AvgIpc) is 2.33. The van der Waals surface area contributed by atoms with Crippen LogP contribution in [-0.4, -0.2) is 37.5 Å². The Bertz CT molecular complexity index is 592. The molecule has 0 aliphatic carbocycles. The number of sulfonamides is 1. The van der Waals surface area contributed by atoms with Gasteiger partial charge in [-0.1, -0.05) is 15.9 Å². The summed E-state index contributed by atoms with van der Waals surface area (Å²) in [4.78, 5) is 11.1. The number of nitrogens with one attached hydrogen (secondary N) is 1. The minimum absolute atomic E-state index is 0.0103. The Morgan fingerprint density at radius 2 is 2.10 bits per heavy atom. The van der Waals surface area contributed by atoms with Gasteiger partial charge in [0.15, 0.2) is 0 Å². The van der Waals surface area contributed by atoms with E-state index in [4.69, 9.17) is 5.11 Å². The fraction of sp³-hybridized carbons (Fsp3) is 0.364. The normalized spacial score (nSPS) is 13.2. The number of aliphatic carboxylic acids is 1. The van der Waals surface area contributed by atoms with Crippen LogP contribution in [0.3, 0.4) is 0 Å². The number of thioether (sulfide) groups is 1. The van der Waals surface area contributed by atoms with Crippen LogP contribution in [0.5, 0.6) is 0 Å². The third-order valence-electron chi connectivity index (χ3n) is 2.39. The highest BCUT2D eigenvalue weighted by atomic mass is 79.9. The number of carboxylic acid groups (broad SMARTS) is 1. The fourth-order valence-electron chi connectivity index (χ4n) is 1.41. The highest BCUT2D eigenvalue weighted by Crippen LogP contribution is 2.25. The molecule has 0 saturated heterocycles. The van der Waals surface area contributed by atoms with Gasteiger partial charge in [0.25, 0.3) is 0 Å². The molecule has 1 rings (SSSR count). The second-order valence-corrected chi connectivity index (χ2v) is 8.31. The molecule has 0 fully saturated rings. The Morgan fingerprint density at radius 1 is 1.45 bits per heavy atom. The van der Waals surface area contributed by atoms with Gasteiger partial charge in [-0.15, -0.1) is 0 Å². The molecule has 0 amide bonds. The van der Waals surface area contributed by atoms with Crippen molar-refractivity contribution in [3.8, 4) is 0 Å². The van der Waals surface area contributed by atoms with Crippen molar-refractivity contribution in [1.29, 1.82) is 0 Å². The van der Waals surface area contributed by atoms with Gasteiger partial charge in [0.2, 0.25) is 10.0 Å². The van der Waals surface area contributed by atoms with Gasteiger partial charge in [-0.05, 0) is 52.6 Å². The Balaban J connectivity index is 3.00. The Morgan fingerprint density at radius 3 is 2.60 bits per heavy atom. The van der Waals surface area contributed by atoms with Crippen LogP contribution in [0.4, 0.5) is 0 Å². The molecule has 20 heavy (non-hydrogen) atoms. The first-order valence-corrected chi connectivity index (χ1v) is 9.93. The largest absolute Gasteiger partial charge is 0.480 e. The van der Waals surface area contributed by atoms with Gasteiger partial charge in [0.05, 0.1) is 4.90 Å². The molecule has 1 aromatic rings. The molecule has 0 bridgehead atoms. The minimum Gasteiger partial charge on any atom is -0.480 e. The van der Waals surface area contributed by atoms with Gasteiger partial charge in [-0.3, -0.25) is 4.79 Å². The summed E-state index contributed by atoms with van der Waals surface area (Å²) in [6, 6.07) is 3.44. The zero-order valence-corrected chi connectivity index (χ0v) is 15.3. The van der Waals surface area contributed by atoms with E-state index in [9.17, 15) is 13.2 Å². The lowest BCUT2D eigenvalue weighted by Gasteiger charge is -2.15. The summed E-state index contributed by atoms with van der Waals surface area (Å²) in [5.74, 6) is -0.628. The van der Waals surface area contributed by atoms with Crippen molar-refractivity contribution < 1.29 is 18.3 Å². The third-order valence-corrected chi connectivity index (χ3v) is 5.98. The van der Waals surface area contributed by atoms with E-state index in [1.807, 2.05) is 6.26 Å². The molecule has 0 heterocycles. The van der Waals surface area contributed by atoms with E-state index in [1.54, 1.807) is 12.1 Å². The maximum absolute atomic E-state index is 12.2. The predicted octanol–water partition coefficient (Wildman–Crippen LogP) is 2.70. The van der Waals surface area contributed by atoms with Crippen LogP contribution < -0.4 is 4.72 Å². The standard InChI is InChI=1S/C11H13Br2NO4S2/c1-19-5-4-9(11(15)16)14-20(17,18)10-3-2-7(12)6-8(10)13/h2-3,6,9,14H,4-5H2,1H3,(H,15,16)/t9-/m0/s1. The maximum Gasteiger partial charge on any atom is 0.321 e. The van der Waals surface area contributed by atoms with Crippen LogP contribution in [-0.2, 0) is 14.8 Å². The lowest BCUT2D eigenvalue weighted by Crippen LogP contribution is -2.41. The second kappa shape index (κ2) is 7.79. The van der Waals surface area contributed by atoms with Crippen molar-refractivity contribution in [2.75, 3.05) is 12.0 Å². The van der Waals surface area contributed by atoms with Gasteiger partial charge >= 0.3 is 5.97 Å². The van der Waals surface area contributed by atoms with Crippen LogP contribution >= 0.6 is 43.6 Å². The van der Waals surface area contributed by atoms with E-state index in [1.165, 1.54) is 17.8 Å². The molecule has 0 unspecified atom stereocenters. The highest BCUT2D eigenvalue weighted by molar-refractivity contribution is 9.11. The van der Waals surface area contributed by atoms with Gasteiger partial charge in [0, 0.05) is 8.95 Å². The van der Waals surface area contributed by atoms with Crippen LogP contribution in [0.2, 0.25) is 0 Å². The predicted molar refractivity (Wildman–Crippen MR) is 86.6 cm³/mol. The number of carboxylic acids is 1. The molecule has 9 heteroatoms.